The Morgan fingerprint density at radius 1 is 1.64 bits per heavy atom. The molecule has 0 fully saturated rings. The molecule has 0 atom stereocenters. The van der Waals surface area contributed by atoms with E-state index in [4.69, 9.17) is 0 Å². The summed E-state index contributed by atoms with van der Waals surface area (Å²) in [5.41, 5.74) is 0. The van der Waals surface area contributed by atoms with Crippen LogP contribution in [0, 0.1) is 6.92 Å². The van der Waals surface area contributed by atoms with E-state index in [0.717, 1.165) is 0 Å². The average molecular weight is 154 g/mol. The molecule has 0 unspecified atom stereocenters. The first kappa shape index (κ1) is 7.71. The maximum Gasteiger partial charge on any atom is 0.288 e. The maximum atomic E-state index is 11.0. The van der Waals surface area contributed by atoms with Gasteiger partial charge in [-0.25, -0.2) is 9.67 Å². The quantitative estimate of drug-likeness (QED) is 0.592. The molecule has 11 heavy (non-hydrogen) atoms. The van der Waals surface area contributed by atoms with Crippen LogP contribution in [0.1, 0.15) is 16.4 Å². The van der Waals surface area contributed by atoms with Crippen molar-refractivity contribution in [1.82, 2.24) is 20.1 Å². The lowest BCUT2D eigenvalue weighted by atomic mass is 10.5. The van der Waals surface area contributed by atoms with Crippen molar-refractivity contribution >= 4 is 5.91 Å². The first-order valence-corrected chi connectivity index (χ1v) is 3.25. The molecule has 1 aromatic heterocycles. The van der Waals surface area contributed by atoms with Crippen LogP contribution in [0.15, 0.2) is 0 Å². The molecule has 0 aliphatic heterocycles. The Balaban J connectivity index is 3.03. The number of hydrogen-bond acceptors (Lipinski definition) is 3. The Morgan fingerprint density at radius 3 is 2.64 bits per heavy atom. The molecule has 0 aliphatic rings. The van der Waals surface area contributed by atoms with Gasteiger partial charge in [0.2, 0.25) is 5.82 Å². The first-order chi connectivity index (χ1) is 5.15. The van der Waals surface area contributed by atoms with Crippen molar-refractivity contribution in [3.63, 3.8) is 0 Å². The smallest absolute Gasteiger partial charge is 0.288 e. The Morgan fingerprint density at radius 2 is 2.27 bits per heavy atom. The van der Waals surface area contributed by atoms with Gasteiger partial charge in [-0.2, -0.15) is 5.10 Å². The van der Waals surface area contributed by atoms with Gasteiger partial charge in [-0.1, -0.05) is 0 Å². The minimum absolute atomic E-state index is 0.215. The lowest BCUT2D eigenvalue weighted by molar-refractivity contribution is 0.0948. The van der Waals surface area contributed by atoms with E-state index in [1.54, 1.807) is 21.0 Å². The number of nitrogens with zero attached hydrogens (tertiary/aromatic N) is 3. The average Bonchev–Trinajstić information content (AvgIpc) is 2.28. The molecule has 60 valence electrons. The number of rotatable bonds is 1. The zero-order chi connectivity index (χ0) is 8.43. The van der Waals surface area contributed by atoms with Crippen LogP contribution in [-0.2, 0) is 7.05 Å². The molecule has 0 saturated carbocycles. The number of carbonyl (C=O) groups is 1. The fraction of sp³-hybridized carbons (Fsp3) is 0.500. The van der Waals surface area contributed by atoms with Crippen LogP contribution in [0.25, 0.3) is 0 Å². The van der Waals surface area contributed by atoms with Crippen molar-refractivity contribution < 1.29 is 4.79 Å². The van der Waals surface area contributed by atoms with Crippen LogP contribution in [0.4, 0.5) is 0 Å². The van der Waals surface area contributed by atoms with Crippen molar-refractivity contribution in [2.45, 2.75) is 6.92 Å². The lowest BCUT2D eigenvalue weighted by Gasteiger charge is -1.95. The predicted octanol–water partition coefficient (Wildman–Crippen LogP) is -0.517. The number of amides is 1. The topological polar surface area (TPSA) is 59.8 Å². The Kier molecular flexibility index (Phi) is 1.89. The minimum Gasteiger partial charge on any atom is -0.352 e. The second-order valence-corrected chi connectivity index (χ2v) is 2.19. The van der Waals surface area contributed by atoms with E-state index in [1.807, 2.05) is 0 Å². The first-order valence-electron chi connectivity index (χ1n) is 3.25. The van der Waals surface area contributed by atoms with Gasteiger partial charge < -0.3 is 5.32 Å². The Hall–Kier alpha value is -1.39. The number of carbonyl (C=O) groups excluding carboxylic acids is 1. The maximum absolute atomic E-state index is 11.0. The monoisotopic (exact) mass is 154 g/mol. The highest BCUT2D eigenvalue weighted by Gasteiger charge is 2.10. The summed E-state index contributed by atoms with van der Waals surface area (Å²) in [7, 11) is 3.25. The fourth-order valence-corrected chi connectivity index (χ4v) is 0.822. The molecule has 0 radical (unpaired) electrons. The van der Waals surface area contributed by atoms with Crippen molar-refractivity contribution in [2.24, 2.45) is 7.05 Å². The molecule has 5 heteroatoms. The van der Waals surface area contributed by atoms with Crippen LogP contribution in [0.3, 0.4) is 0 Å². The van der Waals surface area contributed by atoms with Crippen LogP contribution < -0.4 is 5.32 Å². The summed E-state index contributed by atoms with van der Waals surface area (Å²) in [5, 5.41) is 6.40. The van der Waals surface area contributed by atoms with Gasteiger partial charge in [0, 0.05) is 14.1 Å². The summed E-state index contributed by atoms with van der Waals surface area (Å²) in [6, 6.07) is 0. The number of hydrogen-bond donors (Lipinski definition) is 1. The molecule has 0 saturated heterocycles. The van der Waals surface area contributed by atoms with Crippen molar-refractivity contribution in [2.75, 3.05) is 7.05 Å². The molecule has 1 N–H and O–H groups in total. The van der Waals surface area contributed by atoms with Gasteiger partial charge in [0.1, 0.15) is 5.82 Å². The van der Waals surface area contributed by atoms with Crippen molar-refractivity contribution in [3.8, 4) is 0 Å². The standard InChI is InChI=1S/C6H10N4O/c1-4-8-5(6(11)7-2)10(3)9-4/h1-3H3,(H,7,11). The van der Waals surface area contributed by atoms with E-state index in [2.05, 4.69) is 15.4 Å². The molecule has 0 aliphatic carbocycles. The van der Waals surface area contributed by atoms with Gasteiger partial charge in [-0.05, 0) is 6.92 Å². The summed E-state index contributed by atoms with van der Waals surface area (Å²) in [4.78, 5) is 14.9. The van der Waals surface area contributed by atoms with Crippen molar-refractivity contribution in [1.29, 1.82) is 0 Å². The second kappa shape index (κ2) is 2.69. The van der Waals surface area contributed by atoms with Crippen molar-refractivity contribution in [3.05, 3.63) is 11.6 Å². The van der Waals surface area contributed by atoms with Crippen LogP contribution in [0.2, 0.25) is 0 Å². The van der Waals surface area contributed by atoms with Gasteiger partial charge in [0.15, 0.2) is 0 Å². The van der Waals surface area contributed by atoms with Gasteiger partial charge in [-0.3, -0.25) is 4.79 Å². The normalized spacial score (nSPS) is 9.73. The van der Waals surface area contributed by atoms with Gasteiger partial charge in [0.05, 0.1) is 0 Å². The highest BCUT2D eigenvalue weighted by molar-refractivity contribution is 5.90. The molecule has 0 bridgehead atoms. The second-order valence-electron chi connectivity index (χ2n) is 2.19. The molecule has 1 rings (SSSR count). The Labute approximate surface area is 64.4 Å². The summed E-state index contributed by atoms with van der Waals surface area (Å²) >= 11 is 0. The third-order valence-corrected chi connectivity index (χ3v) is 1.30. The van der Waals surface area contributed by atoms with E-state index in [-0.39, 0.29) is 5.91 Å². The molecule has 5 nitrogen and oxygen atoms in total. The van der Waals surface area contributed by atoms with E-state index in [0.29, 0.717) is 11.6 Å². The van der Waals surface area contributed by atoms with E-state index in [9.17, 15) is 4.79 Å². The van der Waals surface area contributed by atoms with E-state index < -0.39 is 0 Å². The zero-order valence-corrected chi connectivity index (χ0v) is 6.75. The molecular weight excluding hydrogens is 144 g/mol. The van der Waals surface area contributed by atoms with E-state index >= 15 is 0 Å². The summed E-state index contributed by atoms with van der Waals surface area (Å²) < 4.78 is 1.45. The number of nitrogens with one attached hydrogen (secondary N) is 1. The Bertz CT molecular complexity index is 278. The van der Waals surface area contributed by atoms with Gasteiger partial charge >= 0.3 is 0 Å². The molecule has 1 heterocycles. The number of aromatic nitrogens is 3. The summed E-state index contributed by atoms with van der Waals surface area (Å²) in [6.45, 7) is 1.74. The molecule has 0 aromatic carbocycles. The highest BCUT2D eigenvalue weighted by atomic mass is 16.2. The summed E-state index contributed by atoms with van der Waals surface area (Å²) in [6.07, 6.45) is 0. The minimum atomic E-state index is -0.215. The van der Waals surface area contributed by atoms with Crippen LogP contribution in [0.5, 0.6) is 0 Å². The molecule has 1 aromatic rings. The largest absolute Gasteiger partial charge is 0.352 e. The predicted molar refractivity (Wildman–Crippen MR) is 39.1 cm³/mol. The lowest BCUT2D eigenvalue weighted by Crippen LogP contribution is -2.22. The van der Waals surface area contributed by atoms with Gasteiger partial charge in [-0.15, -0.1) is 0 Å². The fourth-order valence-electron chi connectivity index (χ4n) is 0.822. The molecule has 1 amide bonds. The number of aryl methyl sites for hydroxylation is 2. The zero-order valence-electron chi connectivity index (χ0n) is 6.75. The SMILES string of the molecule is CNC(=O)c1nc(C)nn1C. The molecular formula is C6H10N4O. The van der Waals surface area contributed by atoms with Crippen LogP contribution in [-0.4, -0.2) is 27.7 Å². The van der Waals surface area contributed by atoms with E-state index in [1.165, 1.54) is 4.68 Å². The third kappa shape index (κ3) is 1.36. The van der Waals surface area contributed by atoms with Gasteiger partial charge in [0.25, 0.3) is 5.91 Å². The molecule has 0 spiro atoms. The highest BCUT2D eigenvalue weighted by Crippen LogP contribution is 1.93. The summed E-state index contributed by atoms with van der Waals surface area (Å²) in [5.74, 6) is 0.726. The van der Waals surface area contributed by atoms with Crippen LogP contribution >= 0.6 is 0 Å². The third-order valence-electron chi connectivity index (χ3n) is 1.30.